The number of nitrogens with zero attached hydrogens (tertiary/aromatic N) is 2. The standard InChI is InChI=1S/C14H16ClN3/c1-14(2,3)9-4-5-17-12(6-9)11-7-10(15)8-18-13(11)16/h4-8H,1-3H3,(H2,16,18). The first-order valence-corrected chi connectivity index (χ1v) is 6.13. The van der Waals surface area contributed by atoms with Crippen molar-refractivity contribution in [1.29, 1.82) is 0 Å². The van der Waals surface area contributed by atoms with Gasteiger partial charge in [-0.15, -0.1) is 0 Å². The molecular weight excluding hydrogens is 246 g/mol. The average Bonchev–Trinajstić information content (AvgIpc) is 2.31. The lowest BCUT2D eigenvalue weighted by Crippen LogP contribution is -2.11. The molecule has 0 saturated carbocycles. The predicted octanol–water partition coefficient (Wildman–Crippen LogP) is 3.68. The average molecular weight is 262 g/mol. The fourth-order valence-electron chi connectivity index (χ4n) is 1.70. The third-order valence-electron chi connectivity index (χ3n) is 2.79. The van der Waals surface area contributed by atoms with E-state index in [0.29, 0.717) is 10.8 Å². The number of halogens is 1. The highest BCUT2D eigenvalue weighted by Gasteiger charge is 2.15. The van der Waals surface area contributed by atoms with Crippen LogP contribution in [0.3, 0.4) is 0 Å². The second kappa shape index (κ2) is 4.58. The van der Waals surface area contributed by atoms with E-state index >= 15 is 0 Å². The van der Waals surface area contributed by atoms with E-state index in [1.165, 1.54) is 11.8 Å². The number of pyridine rings is 2. The molecule has 94 valence electrons. The van der Waals surface area contributed by atoms with E-state index in [0.717, 1.165) is 11.3 Å². The van der Waals surface area contributed by atoms with Gasteiger partial charge in [0.05, 0.1) is 10.7 Å². The van der Waals surface area contributed by atoms with Gasteiger partial charge in [-0.05, 0) is 29.2 Å². The van der Waals surface area contributed by atoms with E-state index in [2.05, 4.69) is 30.7 Å². The number of hydrogen-bond acceptors (Lipinski definition) is 3. The minimum absolute atomic E-state index is 0.0679. The number of rotatable bonds is 1. The summed E-state index contributed by atoms with van der Waals surface area (Å²) in [6.45, 7) is 6.48. The van der Waals surface area contributed by atoms with Gasteiger partial charge in [0.15, 0.2) is 0 Å². The first kappa shape index (κ1) is 12.8. The summed E-state index contributed by atoms with van der Waals surface area (Å²) in [7, 11) is 0. The molecule has 4 heteroatoms. The van der Waals surface area contributed by atoms with Crippen LogP contribution in [0.4, 0.5) is 5.82 Å². The van der Waals surface area contributed by atoms with E-state index in [4.69, 9.17) is 17.3 Å². The molecule has 2 rings (SSSR count). The van der Waals surface area contributed by atoms with Crippen LogP contribution in [0.1, 0.15) is 26.3 Å². The third-order valence-corrected chi connectivity index (χ3v) is 2.99. The summed E-state index contributed by atoms with van der Waals surface area (Å²) in [4.78, 5) is 8.40. The molecule has 18 heavy (non-hydrogen) atoms. The Morgan fingerprint density at radius 1 is 1.17 bits per heavy atom. The van der Waals surface area contributed by atoms with Gasteiger partial charge in [-0.25, -0.2) is 4.98 Å². The molecule has 0 bridgehead atoms. The fourth-order valence-corrected chi connectivity index (χ4v) is 1.86. The third kappa shape index (κ3) is 2.62. The van der Waals surface area contributed by atoms with Crippen molar-refractivity contribution < 1.29 is 0 Å². The van der Waals surface area contributed by atoms with E-state index in [9.17, 15) is 0 Å². The molecule has 3 nitrogen and oxygen atoms in total. The van der Waals surface area contributed by atoms with Crippen LogP contribution in [0.25, 0.3) is 11.3 Å². The topological polar surface area (TPSA) is 51.8 Å². The van der Waals surface area contributed by atoms with Gasteiger partial charge >= 0.3 is 0 Å². The van der Waals surface area contributed by atoms with Crippen molar-refractivity contribution in [3.05, 3.63) is 41.2 Å². The van der Waals surface area contributed by atoms with Crippen LogP contribution in [0.15, 0.2) is 30.6 Å². The van der Waals surface area contributed by atoms with Crippen molar-refractivity contribution in [2.24, 2.45) is 0 Å². The molecule has 2 heterocycles. The Labute approximate surface area is 112 Å². The Balaban J connectivity index is 2.55. The summed E-state index contributed by atoms with van der Waals surface area (Å²) < 4.78 is 0. The molecule has 0 aromatic carbocycles. The van der Waals surface area contributed by atoms with Gasteiger partial charge in [0, 0.05) is 18.0 Å². The van der Waals surface area contributed by atoms with Crippen LogP contribution in [-0.2, 0) is 5.41 Å². The molecule has 2 aromatic heterocycles. The number of anilines is 1. The van der Waals surface area contributed by atoms with Gasteiger partial charge < -0.3 is 5.73 Å². The monoisotopic (exact) mass is 261 g/mol. The zero-order valence-corrected chi connectivity index (χ0v) is 11.5. The highest BCUT2D eigenvalue weighted by atomic mass is 35.5. The van der Waals surface area contributed by atoms with E-state index in [1.807, 2.05) is 12.1 Å². The molecule has 0 radical (unpaired) electrons. The van der Waals surface area contributed by atoms with Crippen molar-refractivity contribution in [2.45, 2.75) is 26.2 Å². The Hall–Kier alpha value is -1.61. The summed E-state index contributed by atoms with van der Waals surface area (Å²) >= 11 is 5.95. The molecular formula is C14H16ClN3. The minimum atomic E-state index is 0.0679. The number of nitrogen functional groups attached to an aromatic ring is 1. The Bertz CT molecular complexity index is 573. The minimum Gasteiger partial charge on any atom is -0.383 e. The van der Waals surface area contributed by atoms with Gasteiger partial charge in [0.25, 0.3) is 0 Å². The molecule has 0 unspecified atom stereocenters. The molecule has 0 aliphatic heterocycles. The largest absolute Gasteiger partial charge is 0.383 e. The summed E-state index contributed by atoms with van der Waals surface area (Å²) in [5, 5.41) is 0.558. The lowest BCUT2D eigenvalue weighted by atomic mass is 9.87. The Morgan fingerprint density at radius 2 is 1.89 bits per heavy atom. The van der Waals surface area contributed by atoms with E-state index in [1.54, 1.807) is 12.3 Å². The Kier molecular flexibility index (Phi) is 3.26. The van der Waals surface area contributed by atoms with Crippen molar-refractivity contribution >= 4 is 17.4 Å². The SMILES string of the molecule is CC(C)(C)c1ccnc(-c2cc(Cl)cnc2N)c1. The van der Waals surface area contributed by atoms with Crippen LogP contribution >= 0.6 is 11.6 Å². The van der Waals surface area contributed by atoms with Gasteiger partial charge in [-0.2, -0.15) is 0 Å². The van der Waals surface area contributed by atoms with E-state index in [-0.39, 0.29) is 5.41 Å². The molecule has 2 aromatic rings. The van der Waals surface area contributed by atoms with Gasteiger partial charge in [0.2, 0.25) is 0 Å². The van der Waals surface area contributed by atoms with Gasteiger partial charge in [-0.1, -0.05) is 32.4 Å². The molecule has 2 N–H and O–H groups in total. The maximum atomic E-state index is 5.95. The summed E-state index contributed by atoms with van der Waals surface area (Å²) in [6.07, 6.45) is 3.32. The van der Waals surface area contributed by atoms with Crippen molar-refractivity contribution in [2.75, 3.05) is 5.73 Å². The summed E-state index contributed by atoms with van der Waals surface area (Å²) in [5.41, 5.74) is 8.71. The van der Waals surface area contributed by atoms with Crippen LogP contribution < -0.4 is 5.73 Å². The van der Waals surface area contributed by atoms with Crippen LogP contribution in [0.2, 0.25) is 5.02 Å². The highest BCUT2D eigenvalue weighted by molar-refractivity contribution is 6.30. The summed E-state index contributed by atoms with van der Waals surface area (Å²) in [5.74, 6) is 0.443. The van der Waals surface area contributed by atoms with Crippen molar-refractivity contribution in [3.8, 4) is 11.3 Å². The zero-order valence-electron chi connectivity index (χ0n) is 10.7. The maximum Gasteiger partial charge on any atom is 0.132 e. The first-order valence-electron chi connectivity index (χ1n) is 5.76. The maximum absolute atomic E-state index is 5.95. The van der Waals surface area contributed by atoms with Crippen molar-refractivity contribution in [3.63, 3.8) is 0 Å². The number of aromatic nitrogens is 2. The van der Waals surface area contributed by atoms with Gasteiger partial charge in [-0.3, -0.25) is 4.98 Å². The predicted molar refractivity (Wildman–Crippen MR) is 75.6 cm³/mol. The smallest absolute Gasteiger partial charge is 0.132 e. The fraction of sp³-hybridized carbons (Fsp3) is 0.286. The number of nitrogens with two attached hydrogens (primary N) is 1. The summed E-state index contributed by atoms with van der Waals surface area (Å²) in [6, 6.07) is 5.83. The molecule has 0 aliphatic rings. The lowest BCUT2D eigenvalue weighted by molar-refractivity contribution is 0.589. The zero-order chi connectivity index (χ0) is 13.3. The molecule has 0 spiro atoms. The van der Waals surface area contributed by atoms with Crippen LogP contribution in [0.5, 0.6) is 0 Å². The quantitative estimate of drug-likeness (QED) is 0.852. The molecule has 0 fully saturated rings. The van der Waals surface area contributed by atoms with Crippen molar-refractivity contribution in [1.82, 2.24) is 9.97 Å². The highest BCUT2D eigenvalue weighted by Crippen LogP contribution is 2.29. The lowest BCUT2D eigenvalue weighted by Gasteiger charge is -2.19. The second-order valence-corrected chi connectivity index (χ2v) is 5.70. The second-order valence-electron chi connectivity index (χ2n) is 5.27. The molecule has 0 amide bonds. The Morgan fingerprint density at radius 3 is 2.56 bits per heavy atom. The first-order chi connectivity index (χ1) is 8.38. The van der Waals surface area contributed by atoms with Crippen LogP contribution in [-0.4, -0.2) is 9.97 Å². The van der Waals surface area contributed by atoms with Crippen LogP contribution in [0, 0.1) is 0 Å². The molecule has 0 atom stereocenters. The van der Waals surface area contributed by atoms with Gasteiger partial charge in [0.1, 0.15) is 5.82 Å². The molecule has 0 aliphatic carbocycles. The molecule has 0 saturated heterocycles. The number of hydrogen-bond donors (Lipinski definition) is 1. The van der Waals surface area contributed by atoms with E-state index < -0.39 is 0 Å². The normalized spacial score (nSPS) is 11.6.